The van der Waals surface area contributed by atoms with E-state index in [1.807, 2.05) is 37.4 Å². The first-order valence-corrected chi connectivity index (χ1v) is 6.07. The van der Waals surface area contributed by atoms with Crippen LogP contribution in [0.3, 0.4) is 0 Å². The van der Waals surface area contributed by atoms with Crippen molar-refractivity contribution in [2.45, 2.75) is 13.0 Å². The number of nitrogens with zero attached hydrogens (tertiary/aromatic N) is 2. The van der Waals surface area contributed by atoms with Gasteiger partial charge in [0.1, 0.15) is 11.9 Å². The molecule has 0 aliphatic carbocycles. The van der Waals surface area contributed by atoms with E-state index in [1.165, 1.54) is 0 Å². The molecule has 17 heavy (non-hydrogen) atoms. The highest BCUT2D eigenvalue weighted by molar-refractivity contribution is 9.10. The minimum atomic E-state index is -0.237. The molecule has 4 nitrogen and oxygen atoms in total. The first-order chi connectivity index (χ1) is 8.20. The summed E-state index contributed by atoms with van der Waals surface area (Å²) in [5.74, 6) is 0.694. The Morgan fingerprint density at radius 1 is 1.53 bits per heavy atom. The van der Waals surface area contributed by atoms with E-state index in [1.54, 1.807) is 10.9 Å². The molecule has 1 N–H and O–H groups in total. The Labute approximate surface area is 108 Å². The number of aromatic nitrogens is 2. The topological polar surface area (TPSA) is 47.3 Å². The predicted octanol–water partition coefficient (Wildman–Crippen LogP) is 2.39. The van der Waals surface area contributed by atoms with Gasteiger partial charge in [0, 0.05) is 18.5 Å². The fourth-order valence-corrected chi connectivity index (χ4v) is 1.74. The van der Waals surface area contributed by atoms with Crippen LogP contribution in [0.1, 0.15) is 6.92 Å². The summed E-state index contributed by atoms with van der Waals surface area (Å²) in [4.78, 5) is 0. The summed E-state index contributed by atoms with van der Waals surface area (Å²) in [5, 5.41) is 13.1. The van der Waals surface area contributed by atoms with Crippen molar-refractivity contribution in [3.05, 3.63) is 41.1 Å². The molecule has 0 saturated heterocycles. The van der Waals surface area contributed by atoms with E-state index >= 15 is 0 Å². The number of rotatable bonds is 4. The van der Waals surface area contributed by atoms with Crippen LogP contribution < -0.4 is 4.74 Å². The average molecular weight is 297 g/mol. The van der Waals surface area contributed by atoms with Gasteiger partial charge >= 0.3 is 0 Å². The van der Waals surface area contributed by atoms with Gasteiger partial charge in [0.05, 0.1) is 16.8 Å². The molecule has 1 aromatic carbocycles. The maximum absolute atomic E-state index is 8.98. The van der Waals surface area contributed by atoms with E-state index in [0.717, 1.165) is 10.2 Å². The van der Waals surface area contributed by atoms with Crippen molar-refractivity contribution in [3.8, 4) is 11.4 Å². The van der Waals surface area contributed by atoms with E-state index in [2.05, 4.69) is 21.0 Å². The lowest BCUT2D eigenvalue weighted by atomic mass is 10.3. The molecule has 0 aliphatic heterocycles. The van der Waals surface area contributed by atoms with Crippen LogP contribution in [0, 0.1) is 0 Å². The Bertz CT molecular complexity index is 485. The summed E-state index contributed by atoms with van der Waals surface area (Å²) in [6.45, 7) is 1.80. The van der Waals surface area contributed by atoms with Crippen molar-refractivity contribution in [1.82, 2.24) is 9.78 Å². The third kappa shape index (κ3) is 2.87. The van der Waals surface area contributed by atoms with Gasteiger partial charge in [-0.25, -0.2) is 4.68 Å². The molecule has 1 atom stereocenters. The Morgan fingerprint density at radius 2 is 2.35 bits per heavy atom. The third-order valence-corrected chi connectivity index (χ3v) is 2.92. The minimum Gasteiger partial charge on any atom is -0.487 e. The predicted molar refractivity (Wildman–Crippen MR) is 68.4 cm³/mol. The largest absolute Gasteiger partial charge is 0.487 e. The van der Waals surface area contributed by atoms with E-state index in [0.29, 0.717) is 5.75 Å². The number of hydrogen-bond donors (Lipinski definition) is 1. The fraction of sp³-hybridized carbons (Fsp3) is 0.250. The van der Waals surface area contributed by atoms with Crippen molar-refractivity contribution in [2.75, 3.05) is 6.61 Å². The molecule has 2 aromatic rings. The molecule has 0 radical (unpaired) electrons. The Kier molecular flexibility index (Phi) is 3.81. The summed E-state index contributed by atoms with van der Waals surface area (Å²) in [6, 6.07) is 7.58. The van der Waals surface area contributed by atoms with Crippen LogP contribution in [0.2, 0.25) is 0 Å². The molecule has 0 amide bonds. The van der Waals surface area contributed by atoms with Gasteiger partial charge in [-0.2, -0.15) is 5.10 Å². The molecule has 5 heteroatoms. The van der Waals surface area contributed by atoms with Crippen LogP contribution in [-0.2, 0) is 0 Å². The van der Waals surface area contributed by atoms with Gasteiger partial charge in [0.25, 0.3) is 0 Å². The number of aliphatic hydroxyl groups is 1. The maximum atomic E-state index is 8.98. The summed E-state index contributed by atoms with van der Waals surface area (Å²) in [7, 11) is 0. The lowest BCUT2D eigenvalue weighted by Gasteiger charge is -2.14. The van der Waals surface area contributed by atoms with Crippen molar-refractivity contribution >= 4 is 15.9 Å². The Hall–Kier alpha value is -1.33. The van der Waals surface area contributed by atoms with Gasteiger partial charge in [-0.05, 0) is 41.1 Å². The van der Waals surface area contributed by atoms with Crippen molar-refractivity contribution in [2.24, 2.45) is 0 Å². The monoisotopic (exact) mass is 296 g/mol. The molecule has 1 unspecified atom stereocenters. The zero-order valence-electron chi connectivity index (χ0n) is 9.38. The molecular weight excluding hydrogens is 284 g/mol. The molecule has 2 rings (SSSR count). The van der Waals surface area contributed by atoms with E-state index in [9.17, 15) is 0 Å². The molecule has 90 valence electrons. The number of benzene rings is 1. The highest BCUT2D eigenvalue weighted by Crippen LogP contribution is 2.28. The molecular formula is C12H13BrN2O2. The molecule has 0 bridgehead atoms. The van der Waals surface area contributed by atoms with Crippen molar-refractivity contribution in [3.63, 3.8) is 0 Å². The maximum Gasteiger partial charge on any atom is 0.136 e. The molecule has 0 saturated carbocycles. The van der Waals surface area contributed by atoms with E-state index in [4.69, 9.17) is 9.84 Å². The highest BCUT2D eigenvalue weighted by atomic mass is 79.9. The van der Waals surface area contributed by atoms with Gasteiger partial charge in [0.2, 0.25) is 0 Å². The van der Waals surface area contributed by atoms with Crippen molar-refractivity contribution < 1.29 is 9.84 Å². The number of ether oxygens (including phenoxy) is 1. The highest BCUT2D eigenvalue weighted by Gasteiger charge is 2.08. The molecule has 1 heterocycles. The quantitative estimate of drug-likeness (QED) is 0.942. The normalized spacial score (nSPS) is 12.4. The number of halogens is 1. The lowest BCUT2D eigenvalue weighted by molar-refractivity contribution is 0.129. The van der Waals surface area contributed by atoms with Gasteiger partial charge in [-0.1, -0.05) is 0 Å². The zero-order valence-corrected chi connectivity index (χ0v) is 11.0. The van der Waals surface area contributed by atoms with Crippen LogP contribution in [0.4, 0.5) is 0 Å². The summed E-state index contributed by atoms with van der Waals surface area (Å²) >= 11 is 3.42. The zero-order chi connectivity index (χ0) is 12.3. The standard InChI is InChI=1S/C12H13BrN2O2/c1-9(8-16)17-12-7-10(3-4-11(12)13)15-6-2-5-14-15/h2-7,9,16H,8H2,1H3. The molecule has 0 spiro atoms. The second kappa shape index (κ2) is 5.33. The van der Waals surface area contributed by atoms with Crippen LogP contribution in [-0.4, -0.2) is 27.6 Å². The Balaban J connectivity index is 2.29. The molecule has 1 aromatic heterocycles. The van der Waals surface area contributed by atoms with E-state index < -0.39 is 0 Å². The van der Waals surface area contributed by atoms with Crippen LogP contribution in [0.5, 0.6) is 5.75 Å². The number of hydrogen-bond acceptors (Lipinski definition) is 3. The second-order valence-electron chi connectivity index (χ2n) is 3.68. The SMILES string of the molecule is CC(CO)Oc1cc(-n2cccn2)ccc1Br. The lowest BCUT2D eigenvalue weighted by Crippen LogP contribution is -2.16. The first kappa shape index (κ1) is 12.1. The van der Waals surface area contributed by atoms with Crippen LogP contribution in [0.25, 0.3) is 5.69 Å². The van der Waals surface area contributed by atoms with Gasteiger partial charge in [-0.15, -0.1) is 0 Å². The number of aliphatic hydroxyl groups excluding tert-OH is 1. The summed E-state index contributed by atoms with van der Waals surface area (Å²) < 4.78 is 8.20. The van der Waals surface area contributed by atoms with Crippen LogP contribution in [0.15, 0.2) is 41.1 Å². The first-order valence-electron chi connectivity index (χ1n) is 5.28. The fourth-order valence-electron chi connectivity index (χ4n) is 1.40. The summed E-state index contributed by atoms with van der Waals surface area (Å²) in [5.41, 5.74) is 0.915. The van der Waals surface area contributed by atoms with Gasteiger partial charge in [0.15, 0.2) is 0 Å². The van der Waals surface area contributed by atoms with Gasteiger partial charge < -0.3 is 9.84 Å². The van der Waals surface area contributed by atoms with Crippen molar-refractivity contribution in [1.29, 1.82) is 0 Å². The smallest absolute Gasteiger partial charge is 0.136 e. The van der Waals surface area contributed by atoms with E-state index in [-0.39, 0.29) is 12.7 Å². The molecule has 0 aliphatic rings. The minimum absolute atomic E-state index is 0.0154. The molecule has 0 fully saturated rings. The summed E-state index contributed by atoms with van der Waals surface area (Å²) in [6.07, 6.45) is 3.35. The average Bonchev–Trinajstić information content (AvgIpc) is 2.85. The Morgan fingerprint density at radius 3 is 3.00 bits per heavy atom. The second-order valence-corrected chi connectivity index (χ2v) is 4.53. The van der Waals surface area contributed by atoms with Crippen LogP contribution >= 0.6 is 15.9 Å². The third-order valence-electron chi connectivity index (χ3n) is 2.27. The van der Waals surface area contributed by atoms with Gasteiger partial charge in [-0.3, -0.25) is 0 Å².